The van der Waals surface area contributed by atoms with Crippen LogP contribution in [0.5, 0.6) is 11.6 Å². The Labute approximate surface area is 325 Å². The second-order valence-corrected chi connectivity index (χ2v) is 15.1. The summed E-state index contributed by atoms with van der Waals surface area (Å²) < 4.78 is 11.5. The number of hydrogen-bond acceptors (Lipinski definition) is 13. The Bertz CT molecular complexity index is 2120. The first-order chi connectivity index (χ1) is 27.3. The molecule has 0 saturated carbocycles. The van der Waals surface area contributed by atoms with Crippen LogP contribution in [-0.4, -0.2) is 114 Å². The Kier molecular flexibility index (Phi) is 9.75. The molecule has 5 aliphatic rings. The highest BCUT2D eigenvalue weighted by Crippen LogP contribution is 2.36. The van der Waals surface area contributed by atoms with E-state index in [1.54, 1.807) is 0 Å². The van der Waals surface area contributed by atoms with Gasteiger partial charge >= 0.3 is 0 Å². The van der Waals surface area contributed by atoms with Gasteiger partial charge in [0, 0.05) is 94.4 Å². The van der Waals surface area contributed by atoms with Gasteiger partial charge < -0.3 is 34.8 Å². The number of amides is 3. The topological polar surface area (TPSA) is 157 Å². The first-order valence-corrected chi connectivity index (χ1v) is 19.5. The summed E-state index contributed by atoms with van der Waals surface area (Å²) in [6, 6.07) is 16.2. The second-order valence-electron chi connectivity index (χ2n) is 15.1. The van der Waals surface area contributed by atoms with Crippen LogP contribution < -0.4 is 35.2 Å². The van der Waals surface area contributed by atoms with Crippen LogP contribution in [0.4, 0.5) is 28.7 Å². The van der Waals surface area contributed by atoms with Gasteiger partial charge in [-0.15, -0.1) is 0 Å². The number of hydrogen-bond donors (Lipinski definition) is 3. The van der Waals surface area contributed by atoms with Crippen LogP contribution in [-0.2, 0) is 33.8 Å². The van der Waals surface area contributed by atoms with E-state index < -0.39 is 6.10 Å². The summed E-state index contributed by atoms with van der Waals surface area (Å²) in [5, 5.41) is 9.12. The molecule has 1 unspecified atom stereocenters. The van der Waals surface area contributed by atoms with Gasteiger partial charge in [-0.3, -0.25) is 24.6 Å². The van der Waals surface area contributed by atoms with Gasteiger partial charge in [-0.25, -0.2) is 15.0 Å². The summed E-state index contributed by atoms with van der Waals surface area (Å²) in [4.78, 5) is 59.9. The van der Waals surface area contributed by atoms with Crippen molar-refractivity contribution in [2.45, 2.75) is 51.3 Å². The van der Waals surface area contributed by atoms with E-state index in [1.165, 1.54) is 0 Å². The number of carbonyl (C=O) groups is 3. The molecule has 0 radical (unpaired) electrons. The van der Waals surface area contributed by atoms with Crippen molar-refractivity contribution < 1.29 is 23.9 Å². The minimum absolute atomic E-state index is 0.149. The van der Waals surface area contributed by atoms with E-state index >= 15 is 0 Å². The van der Waals surface area contributed by atoms with Gasteiger partial charge in [-0.2, -0.15) is 0 Å². The van der Waals surface area contributed by atoms with E-state index in [-0.39, 0.29) is 24.1 Å². The highest BCUT2D eigenvalue weighted by atomic mass is 16.5. The zero-order valence-electron chi connectivity index (χ0n) is 31.5. The molecule has 15 heteroatoms. The molecule has 2 aromatic carbocycles. The molecule has 9 rings (SSSR count). The molecule has 1 atom stereocenters. The van der Waals surface area contributed by atoms with Crippen molar-refractivity contribution >= 4 is 46.4 Å². The van der Waals surface area contributed by atoms with Crippen molar-refractivity contribution in [3.63, 3.8) is 0 Å². The van der Waals surface area contributed by atoms with Gasteiger partial charge in [0.1, 0.15) is 18.0 Å². The number of rotatable bonds is 9. The maximum atomic E-state index is 13.3. The number of nitrogens with one attached hydrogen (secondary N) is 3. The fourth-order valence-corrected chi connectivity index (χ4v) is 8.14. The van der Waals surface area contributed by atoms with Gasteiger partial charge in [0.05, 0.1) is 30.5 Å². The van der Waals surface area contributed by atoms with E-state index in [2.05, 4.69) is 47.5 Å². The minimum Gasteiger partial charge on any atom is -0.481 e. The quantitative estimate of drug-likeness (QED) is 0.214. The predicted octanol–water partition coefficient (Wildman–Crippen LogP) is 3.05. The number of piperazine rings is 1. The Morgan fingerprint density at radius 1 is 0.946 bits per heavy atom. The number of nitrogens with zero attached hydrogens (tertiary/aromatic N) is 7. The zero-order valence-corrected chi connectivity index (χ0v) is 31.5. The maximum absolute atomic E-state index is 13.3. The van der Waals surface area contributed by atoms with E-state index in [1.807, 2.05) is 65.8 Å². The van der Waals surface area contributed by atoms with Crippen LogP contribution in [0.1, 0.15) is 35.2 Å². The molecular weight excluding hydrogens is 713 g/mol. The smallest absolute Gasteiger partial charge is 0.267 e. The summed E-state index contributed by atoms with van der Waals surface area (Å²) in [5.74, 6) is 1.35. The van der Waals surface area contributed by atoms with Crippen LogP contribution in [0.3, 0.4) is 0 Å². The molecule has 5 aliphatic heterocycles. The van der Waals surface area contributed by atoms with Crippen molar-refractivity contribution in [2.24, 2.45) is 0 Å². The van der Waals surface area contributed by atoms with E-state index in [4.69, 9.17) is 14.5 Å². The van der Waals surface area contributed by atoms with Crippen molar-refractivity contribution in [2.75, 3.05) is 79.4 Å². The third-order valence-electron chi connectivity index (χ3n) is 11.5. The Hall–Kier alpha value is -5.96. The summed E-state index contributed by atoms with van der Waals surface area (Å²) in [5.41, 5.74) is 8.30. The van der Waals surface area contributed by atoms with E-state index in [0.29, 0.717) is 49.6 Å². The Morgan fingerprint density at radius 2 is 1.75 bits per heavy atom. The number of piperidine rings is 1. The molecule has 7 heterocycles. The van der Waals surface area contributed by atoms with Gasteiger partial charge in [0.15, 0.2) is 6.10 Å². The average Bonchev–Trinajstić information content (AvgIpc) is 3.20. The molecule has 56 heavy (non-hydrogen) atoms. The van der Waals surface area contributed by atoms with Gasteiger partial charge in [0.2, 0.25) is 23.6 Å². The molecular formula is C41H46N10O5. The first kappa shape index (κ1) is 35.7. The lowest BCUT2D eigenvalue weighted by atomic mass is 10.0. The zero-order chi connectivity index (χ0) is 38.2. The third-order valence-corrected chi connectivity index (χ3v) is 11.5. The normalized spacial score (nSPS) is 19.9. The van der Waals surface area contributed by atoms with Crippen molar-refractivity contribution in [3.8, 4) is 11.6 Å². The predicted molar refractivity (Wildman–Crippen MR) is 211 cm³/mol. The fraction of sp³-hybridized carbons (Fsp3) is 0.415. The van der Waals surface area contributed by atoms with Crippen LogP contribution in [0, 0.1) is 6.92 Å². The molecule has 15 nitrogen and oxygen atoms in total. The summed E-state index contributed by atoms with van der Waals surface area (Å²) in [6.07, 6.45) is 5.09. The van der Waals surface area contributed by atoms with Crippen molar-refractivity contribution in [1.82, 2.24) is 30.1 Å². The fourth-order valence-electron chi connectivity index (χ4n) is 8.14. The first-order valence-electron chi connectivity index (χ1n) is 19.5. The summed E-state index contributed by atoms with van der Waals surface area (Å²) in [7, 11) is 0. The lowest BCUT2D eigenvalue weighted by Gasteiger charge is -2.49. The molecule has 3 N–H and O–H groups in total. The monoisotopic (exact) mass is 758 g/mol. The van der Waals surface area contributed by atoms with Crippen LogP contribution in [0.25, 0.3) is 0 Å². The minimum atomic E-state index is -0.639. The molecule has 3 amide bonds. The Morgan fingerprint density at radius 3 is 2.54 bits per heavy atom. The van der Waals surface area contributed by atoms with Crippen LogP contribution >= 0.6 is 0 Å². The molecule has 0 aliphatic carbocycles. The number of ether oxygens (including phenoxy) is 2. The molecule has 4 aromatic rings. The van der Waals surface area contributed by atoms with Gasteiger partial charge in [0.25, 0.3) is 5.91 Å². The number of pyridine rings is 1. The molecule has 3 saturated heterocycles. The SMILES string of the molecule is Cc1c(N2CCc3cnc(Nc4ccc(CC(=O)N5CCN(C6CN(c7ccc(OC8CCC(=O)NC8=O)cc7)C6)CC5)cc4)nc3C2)cnc2c1NCCO2. The third kappa shape index (κ3) is 7.50. The lowest BCUT2D eigenvalue weighted by Crippen LogP contribution is -2.63. The highest BCUT2D eigenvalue weighted by Gasteiger charge is 2.35. The summed E-state index contributed by atoms with van der Waals surface area (Å²) >= 11 is 0. The van der Waals surface area contributed by atoms with Crippen LogP contribution in [0.15, 0.2) is 60.9 Å². The van der Waals surface area contributed by atoms with E-state index in [9.17, 15) is 14.4 Å². The highest BCUT2D eigenvalue weighted by molar-refractivity contribution is 5.99. The van der Waals surface area contributed by atoms with Crippen molar-refractivity contribution in [3.05, 3.63) is 83.3 Å². The number of imide groups is 1. The van der Waals surface area contributed by atoms with Gasteiger partial charge in [-0.1, -0.05) is 12.1 Å². The second kappa shape index (κ2) is 15.3. The average molecular weight is 759 g/mol. The van der Waals surface area contributed by atoms with Gasteiger partial charge in [-0.05, 0) is 60.9 Å². The number of aromatic nitrogens is 3. The number of fused-ring (bicyclic) bond motifs is 2. The van der Waals surface area contributed by atoms with E-state index in [0.717, 1.165) is 104 Å². The number of carbonyl (C=O) groups excluding carboxylic acids is 3. The largest absolute Gasteiger partial charge is 0.481 e. The van der Waals surface area contributed by atoms with Crippen molar-refractivity contribution in [1.29, 1.82) is 0 Å². The molecule has 3 fully saturated rings. The summed E-state index contributed by atoms with van der Waals surface area (Å²) in [6.45, 7) is 10.1. The molecule has 2 aromatic heterocycles. The number of anilines is 5. The molecule has 290 valence electrons. The molecule has 0 bridgehead atoms. The maximum Gasteiger partial charge on any atom is 0.267 e. The standard InChI is InChI=1S/C41H46N10O5/c1-26-34(22-43-40-38(26)42-13-19-55-40)50-14-12-28-21-44-41(46-33(28)25-50)45-29-4-2-27(3-5-29)20-37(53)49-17-15-48(16-18-49)31-23-51(24-31)30-6-8-32(9-7-30)56-35-10-11-36(52)47-39(35)54/h2-9,21-22,31,35,42H,10-20,23-25H2,1H3,(H,44,45,46)(H,47,52,54). The van der Waals surface area contributed by atoms with Crippen LogP contribution in [0.2, 0.25) is 0 Å². The lowest BCUT2D eigenvalue weighted by molar-refractivity contribution is -0.139. The number of benzene rings is 2. The molecule has 0 spiro atoms. The Balaban J connectivity index is 0.721.